The maximum absolute atomic E-state index is 12.1. The van der Waals surface area contributed by atoms with E-state index in [0.717, 1.165) is 5.56 Å². The highest BCUT2D eigenvalue weighted by Gasteiger charge is 2.36. The topological polar surface area (TPSA) is 69.6 Å². The standard InChI is InChI=1S/C14H19ClN2O3/c1-4-17(14(2,3)12(18)19)13(20)16-9-10-5-7-11(15)8-6-10/h5-8H,4,9H2,1-3H3,(H,16,20)(H,18,19). The van der Waals surface area contributed by atoms with Gasteiger partial charge in [0.1, 0.15) is 5.54 Å². The first-order valence-electron chi connectivity index (χ1n) is 6.32. The molecule has 1 aromatic rings. The zero-order valence-electron chi connectivity index (χ0n) is 11.8. The average Bonchev–Trinajstić information content (AvgIpc) is 2.38. The van der Waals surface area contributed by atoms with E-state index in [0.29, 0.717) is 18.1 Å². The van der Waals surface area contributed by atoms with Gasteiger partial charge in [0.05, 0.1) is 0 Å². The van der Waals surface area contributed by atoms with Gasteiger partial charge in [0.15, 0.2) is 0 Å². The molecule has 0 unspecified atom stereocenters. The molecule has 0 radical (unpaired) electrons. The number of amides is 2. The first kappa shape index (κ1) is 16.3. The maximum Gasteiger partial charge on any atom is 0.329 e. The van der Waals surface area contributed by atoms with Gasteiger partial charge in [-0.15, -0.1) is 0 Å². The molecular weight excluding hydrogens is 280 g/mol. The van der Waals surface area contributed by atoms with Crippen LogP contribution in [0.1, 0.15) is 26.3 Å². The third-order valence-electron chi connectivity index (χ3n) is 3.12. The van der Waals surface area contributed by atoms with Gasteiger partial charge in [-0.2, -0.15) is 0 Å². The van der Waals surface area contributed by atoms with Gasteiger partial charge in [-0.05, 0) is 38.5 Å². The van der Waals surface area contributed by atoms with Crippen LogP contribution in [0.15, 0.2) is 24.3 Å². The van der Waals surface area contributed by atoms with Crippen LogP contribution in [0, 0.1) is 0 Å². The van der Waals surface area contributed by atoms with E-state index in [9.17, 15) is 14.7 Å². The largest absolute Gasteiger partial charge is 0.480 e. The normalized spacial score (nSPS) is 11.0. The van der Waals surface area contributed by atoms with Crippen molar-refractivity contribution in [3.8, 4) is 0 Å². The Bertz CT molecular complexity index is 486. The van der Waals surface area contributed by atoms with Crippen molar-refractivity contribution in [3.05, 3.63) is 34.9 Å². The summed E-state index contributed by atoms with van der Waals surface area (Å²) in [7, 11) is 0. The molecule has 110 valence electrons. The van der Waals surface area contributed by atoms with Crippen LogP contribution < -0.4 is 5.32 Å². The van der Waals surface area contributed by atoms with Crippen LogP contribution in [-0.2, 0) is 11.3 Å². The van der Waals surface area contributed by atoms with E-state index >= 15 is 0 Å². The Balaban J connectivity index is 2.69. The summed E-state index contributed by atoms with van der Waals surface area (Å²) in [5, 5.41) is 12.5. The number of hydrogen-bond donors (Lipinski definition) is 2. The maximum atomic E-state index is 12.1. The molecule has 6 heteroatoms. The van der Waals surface area contributed by atoms with E-state index in [1.165, 1.54) is 18.7 Å². The SMILES string of the molecule is CCN(C(=O)NCc1ccc(Cl)cc1)C(C)(C)C(=O)O. The Morgan fingerprint density at radius 1 is 1.30 bits per heavy atom. The predicted octanol–water partition coefficient (Wildman–Crippen LogP) is 2.73. The van der Waals surface area contributed by atoms with E-state index in [4.69, 9.17) is 11.6 Å². The number of likely N-dealkylation sites (N-methyl/N-ethyl adjacent to an activating group) is 1. The molecule has 0 aliphatic rings. The van der Waals surface area contributed by atoms with Gasteiger partial charge in [-0.3, -0.25) is 0 Å². The van der Waals surface area contributed by atoms with Gasteiger partial charge in [-0.1, -0.05) is 23.7 Å². The number of hydrogen-bond acceptors (Lipinski definition) is 2. The summed E-state index contributed by atoms with van der Waals surface area (Å²) in [5.41, 5.74) is -0.356. The van der Waals surface area contributed by atoms with Crippen LogP contribution in [0.3, 0.4) is 0 Å². The summed E-state index contributed by atoms with van der Waals surface area (Å²) in [6.07, 6.45) is 0. The smallest absolute Gasteiger partial charge is 0.329 e. The number of benzene rings is 1. The number of urea groups is 1. The fraction of sp³-hybridized carbons (Fsp3) is 0.429. The molecular formula is C14H19ClN2O3. The molecule has 0 fully saturated rings. The van der Waals surface area contributed by atoms with Gasteiger partial charge >= 0.3 is 12.0 Å². The number of carbonyl (C=O) groups is 2. The molecule has 2 N–H and O–H groups in total. The van der Waals surface area contributed by atoms with Crippen molar-refractivity contribution in [1.29, 1.82) is 0 Å². The van der Waals surface area contributed by atoms with E-state index in [1.807, 2.05) is 0 Å². The van der Waals surface area contributed by atoms with Gasteiger partial charge in [0, 0.05) is 18.1 Å². The molecule has 1 rings (SSSR count). The summed E-state index contributed by atoms with van der Waals surface area (Å²) in [4.78, 5) is 24.6. The van der Waals surface area contributed by atoms with Crippen molar-refractivity contribution in [3.63, 3.8) is 0 Å². The van der Waals surface area contributed by atoms with Crippen molar-refractivity contribution < 1.29 is 14.7 Å². The van der Waals surface area contributed by atoms with Gasteiger partial charge < -0.3 is 15.3 Å². The fourth-order valence-electron chi connectivity index (χ4n) is 1.78. The highest BCUT2D eigenvalue weighted by Crippen LogP contribution is 2.15. The van der Waals surface area contributed by atoms with Crippen molar-refractivity contribution in [2.45, 2.75) is 32.9 Å². The zero-order valence-corrected chi connectivity index (χ0v) is 12.6. The Kier molecular flexibility index (Phi) is 5.39. The van der Waals surface area contributed by atoms with Crippen molar-refractivity contribution >= 4 is 23.6 Å². The van der Waals surface area contributed by atoms with Gasteiger partial charge in [-0.25, -0.2) is 9.59 Å². The Morgan fingerprint density at radius 3 is 2.30 bits per heavy atom. The van der Waals surface area contributed by atoms with Crippen LogP contribution in [0.5, 0.6) is 0 Å². The van der Waals surface area contributed by atoms with Crippen LogP contribution in [0.2, 0.25) is 5.02 Å². The molecule has 0 saturated carbocycles. The van der Waals surface area contributed by atoms with E-state index < -0.39 is 17.5 Å². The molecule has 0 saturated heterocycles. The molecule has 0 aliphatic heterocycles. The zero-order chi connectivity index (χ0) is 15.3. The fourth-order valence-corrected chi connectivity index (χ4v) is 1.91. The monoisotopic (exact) mass is 298 g/mol. The Labute approximate surface area is 123 Å². The van der Waals surface area contributed by atoms with Crippen molar-refractivity contribution in [2.24, 2.45) is 0 Å². The van der Waals surface area contributed by atoms with E-state index in [-0.39, 0.29) is 0 Å². The average molecular weight is 299 g/mol. The second-order valence-corrected chi connectivity index (χ2v) is 5.33. The second-order valence-electron chi connectivity index (χ2n) is 4.89. The Morgan fingerprint density at radius 2 is 1.85 bits per heavy atom. The highest BCUT2D eigenvalue weighted by molar-refractivity contribution is 6.30. The summed E-state index contributed by atoms with van der Waals surface area (Å²) in [5.74, 6) is -1.04. The molecule has 0 aromatic heterocycles. The number of halogens is 1. The lowest BCUT2D eigenvalue weighted by atomic mass is 10.0. The summed E-state index contributed by atoms with van der Waals surface area (Å²) < 4.78 is 0. The summed E-state index contributed by atoms with van der Waals surface area (Å²) >= 11 is 5.78. The number of aliphatic carboxylic acids is 1. The second kappa shape index (κ2) is 6.61. The molecule has 2 amide bonds. The lowest BCUT2D eigenvalue weighted by Crippen LogP contribution is -2.55. The molecule has 20 heavy (non-hydrogen) atoms. The lowest BCUT2D eigenvalue weighted by Gasteiger charge is -2.34. The van der Waals surface area contributed by atoms with E-state index in [1.54, 1.807) is 31.2 Å². The summed E-state index contributed by atoms with van der Waals surface area (Å²) in [6.45, 7) is 5.38. The van der Waals surface area contributed by atoms with Gasteiger partial charge in [0.2, 0.25) is 0 Å². The summed E-state index contributed by atoms with van der Waals surface area (Å²) in [6, 6.07) is 6.68. The molecule has 1 aromatic carbocycles. The minimum Gasteiger partial charge on any atom is -0.480 e. The third kappa shape index (κ3) is 3.87. The first-order chi connectivity index (χ1) is 9.28. The molecule has 0 bridgehead atoms. The third-order valence-corrected chi connectivity index (χ3v) is 3.37. The highest BCUT2D eigenvalue weighted by atomic mass is 35.5. The minimum atomic E-state index is -1.25. The van der Waals surface area contributed by atoms with E-state index in [2.05, 4.69) is 5.32 Å². The quantitative estimate of drug-likeness (QED) is 0.878. The number of nitrogens with one attached hydrogen (secondary N) is 1. The number of carbonyl (C=O) groups excluding carboxylic acids is 1. The minimum absolute atomic E-state index is 0.311. The van der Waals surface area contributed by atoms with Crippen LogP contribution in [0.4, 0.5) is 4.79 Å². The molecule has 0 heterocycles. The number of rotatable bonds is 5. The van der Waals surface area contributed by atoms with Crippen molar-refractivity contribution in [2.75, 3.05) is 6.54 Å². The van der Waals surface area contributed by atoms with Gasteiger partial charge in [0.25, 0.3) is 0 Å². The van der Waals surface area contributed by atoms with Crippen LogP contribution in [-0.4, -0.2) is 34.1 Å². The molecule has 0 spiro atoms. The number of carboxylic acid groups (broad SMARTS) is 1. The molecule has 5 nitrogen and oxygen atoms in total. The predicted molar refractivity (Wildman–Crippen MR) is 77.8 cm³/mol. The number of carboxylic acids is 1. The van der Waals surface area contributed by atoms with Crippen LogP contribution in [0.25, 0.3) is 0 Å². The van der Waals surface area contributed by atoms with Crippen LogP contribution >= 0.6 is 11.6 Å². The Hall–Kier alpha value is -1.75. The first-order valence-corrected chi connectivity index (χ1v) is 6.70. The molecule has 0 aliphatic carbocycles. The lowest BCUT2D eigenvalue weighted by molar-refractivity contribution is -0.147. The van der Waals surface area contributed by atoms with Crippen molar-refractivity contribution in [1.82, 2.24) is 10.2 Å². The molecule has 0 atom stereocenters. The number of nitrogens with zero attached hydrogens (tertiary/aromatic N) is 1.